The molecule has 4 heterocycles. The van der Waals surface area contributed by atoms with Crippen molar-refractivity contribution in [2.75, 3.05) is 0 Å². The first-order valence-corrected chi connectivity index (χ1v) is 10.0. The van der Waals surface area contributed by atoms with Crippen molar-refractivity contribution in [1.29, 1.82) is 0 Å². The van der Waals surface area contributed by atoms with Gasteiger partial charge in [0.2, 0.25) is 5.43 Å². The third-order valence-corrected chi connectivity index (χ3v) is 5.07. The Kier molecular flexibility index (Phi) is 4.76. The van der Waals surface area contributed by atoms with E-state index in [1.165, 1.54) is 6.07 Å². The van der Waals surface area contributed by atoms with Gasteiger partial charge in [-0.05, 0) is 31.2 Å². The Hall–Kier alpha value is -3.90. The number of H-pyrrole nitrogens is 1. The second kappa shape index (κ2) is 7.74. The SMILES string of the molecule is Cc1cc(-c2nc3c(=O)cc(-c4cccnc4)[nH]c3nc2-c2ccccc2)cc(Cl)n1. The summed E-state index contributed by atoms with van der Waals surface area (Å²) in [5.41, 5.74) is 5.48. The monoisotopic (exact) mass is 425 g/mol. The first kappa shape index (κ1) is 19.1. The molecule has 0 fully saturated rings. The maximum absolute atomic E-state index is 13.0. The molecule has 4 aromatic heterocycles. The summed E-state index contributed by atoms with van der Waals surface area (Å²) in [6, 6.07) is 18.5. The van der Waals surface area contributed by atoms with E-state index < -0.39 is 0 Å². The van der Waals surface area contributed by atoms with Crippen molar-refractivity contribution >= 4 is 22.8 Å². The highest BCUT2D eigenvalue weighted by Gasteiger charge is 2.17. The van der Waals surface area contributed by atoms with Crippen molar-refractivity contribution in [3.05, 3.63) is 94.1 Å². The van der Waals surface area contributed by atoms with Gasteiger partial charge in [0.1, 0.15) is 5.15 Å². The first-order valence-electron chi connectivity index (χ1n) is 9.64. The summed E-state index contributed by atoms with van der Waals surface area (Å²) < 4.78 is 0. The van der Waals surface area contributed by atoms with Gasteiger partial charge >= 0.3 is 0 Å². The molecule has 31 heavy (non-hydrogen) atoms. The molecule has 0 aliphatic heterocycles. The molecule has 0 atom stereocenters. The Bertz CT molecular complexity index is 1450. The van der Waals surface area contributed by atoms with Crippen LogP contribution in [0.1, 0.15) is 5.69 Å². The lowest BCUT2D eigenvalue weighted by Crippen LogP contribution is -2.09. The minimum Gasteiger partial charge on any atom is -0.338 e. The van der Waals surface area contributed by atoms with E-state index in [1.807, 2.05) is 55.5 Å². The molecule has 0 radical (unpaired) electrons. The molecule has 1 N–H and O–H groups in total. The van der Waals surface area contributed by atoms with E-state index in [-0.39, 0.29) is 10.9 Å². The maximum Gasteiger partial charge on any atom is 0.210 e. The van der Waals surface area contributed by atoms with Crippen LogP contribution in [0.3, 0.4) is 0 Å². The molecule has 5 aromatic rings. The lowest BCUT2D eigenvalue weighted by molar-refractivity contribution is 1.18. The van der Waals surface area contributed by atoms with E-state index in [9.17, 15) is 4.79 Å². The lowest BCUT2D eigenvalue weighted by Gasteiger charge is -2.12. The van der Waals surface area contributed by atoms with Crippen LogP contribution in [0.15, 0.2) is 77.9 Å². The molecular formula is C24H16ClN5O. The number of aromatic nitrogens is 5. The van der Waals surface area contributed by atoms with Crippen molar-refractivity contribution in [3.8, 4) is 33.8 Å². The van der Waals surface area contributed by atoms with Gasteiger partial charge in [-0.15, -0.1) is 0 Å². The smallest absolute Gasteiger partial charge is 0.210 e. The molecule has 0 spiro atoms. The van der Waals surface area contributed by atoms with Crippen LogP contribution in [0.25, 0.3) is 44.9 Å². The Labute approximate surface area is 182 Å². The van der Waals surface area contributed by atoms with Crippen molar-refractivity contribution in [3.63, 3.8) is 0 Å². The van der Waals surface area contributed by atoms with Crippen LogP contribution in [0.2, 0.25) is 5.15 Å². The third-order valence-electron chi connectivity index (χ3n) is 4.87. The lowest BCUT2D eigenvalue weighted by atomic mass is 10.0. The number of benzene rings is 1. The Morgan fingerprint density at radius 1 is 0.839 bits per heavy atom. The summed E-state index contributed by atoms with van der Waals surface area (Å²) in [5.74, 6) is 0. The van der Waals surface area contributed by atoms with Crippen molar-refractivity contribution in [2.24, 2.45) is 0 Å². The number of nitrogens with one attached hydrogen (secondary N) is 1. The van der Waals surface area contributed by atoms with E-state index in [2.05, 4.69) is 15.0 Å². The standard InChI is InChI=1S/C24H16ClN5O/c1-14-10-17(11-20(25)27-14)22-21(15-6-3-2-4-7-15)30-24-23(29-22)19(31)12-18(28-24)16-8-5-9-26-13-16/h2-13H,1H3,(H,28,30,31). The highest BCUT2D eigenvalue weighted by molar-refractivity contribution is 6.29. The van der Waals surface area contributed by atoms with E-state index in [0.717, 1.165) is 22.4 Å². The molecule has 1 aromatic carbocycles. The highest BCUT2D eigenvalue weighted by atomic mass is 35.5. The topological polar surface area (TPSA) is 84.4 Å². The van der Waals surface area contributed by atoms with Gasteiger partial charge in [0.15, 0.2) is 11.2 Å². The molecule has 5 rings (SSSR count). The number of halogens is 1. The van der Waals surface area contributed by atoms with E-state index in [0.29, 0.717) is 27.9 Å². The molecule has 150 valence electrons. The van der Waals surface area contributed by atoms with Crippen LogP contribution in [0.4, 0.5) is 0 Å². The third kappa shape index (κ3) is 3.69. The number of fused-ring (bicyclic) bond motifs is 1. The fourth-order valence-electron chi connectivity index (χ4n) is 3.50. The van der Waals surface area contributed by atoms with Gasteiger partial charge in [0.25, 0.3) is 0 Å². The Balaban J connectivity index is 1.82. The molecule has 0 unspecified atom stereocenters. The largest absolute Gasteiger partial charge is 0.338 e. The van der Waals surface area contributed by atoms with Gasteiger partial charge in [-0.3, -0.25) is 9.78 Å². The van der Waals surface area contributed by atoms with Crippen LogP contribution >= 0.6 is 11.6 Å². The van der Waals surface area contributed by atoms with Crippen molar-refractivity contribution < 1.29 is 0 Å². The Morgan fingerprint density at radius 2 is 1.61 bits per heavy atom. The minimum absolute atomic E-state index is 0.224. The van der Waals surface area contributed by atoms with Crippen molar-refractivity contribution in [2.45, 2.75) is 6.92 Å². The zero-order valence-corrected chi connectivity index (χ0v) is 17.3. The summed E-state index contributed by atoms with van der Waals surface area (Å²) in [4.78, 5) is 34.1. The van der Waals surface area contributed by atoms with Crippen molar-refractivity contribution in [1.82, 2.24) is 24.9 Å². The second-order valence-corrected chi connectivity index (χ2v) is 7.48. The second-order valence-electron chi connectivity index (χ2n) is 7.09. The van der Waals surface area contributed by atoms with Gasteiger partial charge in [-0.2, -0.15) is 0 Å². The van der Waals surface area contributed by atoms with Gasteiger partial charge < -0.3 is 4.98 Å². The van der Waals surface area contributed by atoms with Crippen LogP contribution in [-0.4, -0.2) is 24.9 Å². The molecule has 0 saturated carbocycles. The quantitative estimate of drug-likeness (QED) is 0.408. The fourth-order valence-corrected chi connectivity index (χ4v) is 3.75. The summed E-state index contributed by atoms with van der Waals surface area (Å²) >= 11 is 6.20. The van der Waals surface area contributed by atoms with E-state index >= 15 is 0 Å². The zero-order valence-electron chi connectivity index (χ0n) is 16.5. The highest BCUT2D eigenvalue weighted by Crippen LogP contribution is 2.31. The van der Waals surface area contributed by atoms with Gasteiger partial charge in [0, 0.05) is 40.8 Å². The molecular weight excluding hydrogens is 410 g/mol. The predicted molar refractivity (Wildman–Crippen MR) is 122 cm³/mol. The Morgan fingerprint density at radius 3 is 2.35 bits per heavy atom. The van der Waals surface area contributed by atoms with Gasteiger partial charge in [-0.25, -0.2) is 15.0 Å². The molecule has 6 nitrogen and oxygen atoms in total. The summed E-state index contributed by atoms with van der Waals surface area (Å²) in [7, 11) is 0. The van der Waals surface area contributed by atoms with E-state index in [1.54, 1.807) is 18.5 Å². The number of aryl methyl sites for hydroxylation is 1. The molecule has 0 bridgehead atoms. The molecule has 0 aliphatic rings. The fraction of sp³-hybridized carbons (Fsp3) is 0.0417. The summed E-state index contributed by atoms with van der Waals surface area (Å²) in [6.07, 6.45) is 3.38. The van der Waals surface area contributed by atoms with Crippen LogP contribution < -0.4 is 5.43 Å². The zero-order chi connectivity index (χ0) is 21.4. The number of pyridine rings is 3. The maximum atomic E-state index is 13.0. The van der Waals surface area contributed by atoms with Gasteiger partial charge in [-0.1, -0.05) is 41.9 Å². The number of hydrogen-bond donors (Lipinski definition) is 1. The number of hydrogen-bond acceptors (Lipinski definition) is 5. The minimum atomic E-state index is -0.224. The van der Waals surface area contributed by atoms with Crippen LogP contribution in [-0.2, 0) is 0 Å². The number of nitrogens with zero attached hydrogens (tertiary/aromatic N) is 4. The molecule has 7 heteroatoms. The number of rotatable bonds is 3. The molecule has 0 amide bonds. The van der Waals surface area contributed by atoms with Gasteiger partial charge in [0.05, 0.1) is 17.1 Å². The van der Waals surface area contributed by atoms with E-state index in [4.69, 9.17) is 21.6 Å². The molecule has 0 saturated heterocycles. The molecule has 0 aliphatic carbocycles. The average Bonchev–Trinajstić information content (AvgIpc) is 2.79. The summed E-state index contributed by atoms with van der Waals surface area (Å²) in [6.45, 7) is 1.86. The first-order chi connectivity index (χ1) is 15.1. The normalized spacial score (nSPS) is 11.0. The average molecular weight is 426 g/mol. The summed E-state index contributed by atoms with van der Waals surface area (Å²) in [5, 5.41) is 0.358. The number of aromatic amines is 1. The van der Waals surface area contributed by atoms with Crippen LogP contribution in [0.5, 0.6) is 0 Å². The van der Waals surface area contributed by atoms with Crippen LogP contribution in [0, 0.1) is 6.92 Å². The predicted octanol–water partition coefficient (Wildman–Crippen LogP) is 5.07.